The number of carbonyl (C=O) groups excluding carboxylic acids is 2. The van der Waals surface area contributed by atoms with Gasteiger partial charge < -0.3 is 5.32 Å². The van der Waals surface area contributed by atoms with Gasteiger partial charge in [-0.15, -0.1) is 0 Å². The molecule has 3 aromatic carbocycles. The minimum Gasteiger partial charge on any atom is -0.322 e. The van der Waals surface area contributed by atoms with Crippen LogP contribution < -0.4 is 10.0 Å². The Hall–Kier alpha value is -2.81. The zero-order valence-electron chi connectivity index (χ0n) is 16.1. The minimum absolute atomic E-state index is 0.0748. The molecule has 0 bridgehead atoms. The number of sulfonamides is 1. The first-order valence-corrected chi connectivity index (χ1v) is 11.3. The second kappa shape index (κ2) is 9.34. The van der Waals surface area contributed by atoms with E-state index in [1.807, 2.05) is 12.1 Å². The third-order valence-corrected chi connectivity index (χ3v) is 6.30. The number of nitrogens with one attached hydrogen (secondary N) is 2. The molecule has 0 atom stereocenters. The van der Waals surface area contributed by atoms with E-state index in [9.17, 15) is 18.0 Å². The van der Waals surface area contributed by atoms with Crippen LogP contribution in [0.25, 0.3) is 0 Å². The number of benzene rings is 3. The van der Waals surface area contributed by atoms with Crippen LogP contribution in [0, 0.1) is 0 Å². The molecule has 0 aromatic heterocycles. The molecule has 154 valence electrons. The predicted molar refractivity (Wildman–Crippen MR) is 119 cm³/mol. The van der Waals surface area contributed by atoms with Gasteiger partial charge in [0.05, 0.1) is 4.90 Å². The van der Waals surface area contributed by atoms with Crippen LogP contribution in [0.1, 0.15) is 33.2 Å². The zero-order chi connectivity index (χ0) is 21.7. The summed E-state index contributed by atoms with van der Waals surface area (Å²) in [6.07, 6.45) is 0. The van der Waals surface area contributed by atoms with E-state index in [1.165, 1.54) is 31.2 Å². The molecule has 0 saturated heterocycles. The van der Waals surface area contributed by atoms with Crippen LogP contribution in [0.2, 0.25) is 0 Å². The van der Waals surface area contributed by atoms with Gasteiger partial charge in [0, 0.05) is 27.8 Å². The zero-order valence-corrected chi connectivity index (χ0v) is 18.5. The minimum atomic E-state index is -3.72. The number of ketones is 1. The largest absolute Gasteiger partial charge is 0.322 e. The number of carbonyl (C=O) groups is 2. The number of rotatable bonds is 7. The summed E-state index contributed by atoms with van der Waals surface area (Å²) in [5.74, 6) is -0.383. The first-order chi connectivity index (χ1) is 14.2. The fraction of sp³-hybridized carbons (Fsp3) is 0.0909. The Morgan fingerprint density at radius 3 is 1.97 bits per heavy atom. The Balaban J connectivity index is 1.61. The first-order valence-electron chi connectivity index (χ1n) is 9.01. The normalized spacial score (nSPS) is 11.1. The molecular weight excluding hydrogens is 468 g/mol. The van der Waals surface area contributed by atoms with Crippen LogP contribution in [-0.4, -0.2) is 20.1 Å². The SMILES string of the molecule is CC(=O)c1ccc(S(=O)(=O)NCc2ccc(C(=O)Nc3ccc(Br)cc3)cc2)cc1. The Morgan fingerprint density at radius 1 is 0.833 bits per heavy atom. The van der Waals surface area contributed by atoms with Crippen LogP contribution in [0.15, 0.2) is 82.2 Å². The van der Waals surface area contributed by atoms with Crippen LogP contribution >= 0.6 is 15.9 Å². The Kier molecular flexibility index (Phi) is 6.81. The van der Waals surface area contributed by atoms with Crippen molar-refractivity contribution in [3.8, 4) is 0 Å². The molecule has 0 aliphatic rings. The fourth-order valence-electron chi connectivity index (χ4n) is 2.64. The van der Waals surface area contributed by atoms with Crippen molar-refractivity contribution in [3.63, 3.8) is 0 Å². The molecule has 0 aliphatic carbocycles. The molecule has 0 heterocycles. The summed E-state index contributed by atoms with van der Waals surface area (Å²) in [6.45, 7) is 1.50. The highest BCUT2D eigenvalue weighted by atomic mass is 79.9. The highest BCUT2D eigenvalue weighted by Gasteiger charge is 2.14. The number of halogens is 1. The second-order valence-corrected chi connectivity index (χ2v) is 9.25. The molecule has 8 heteroatoms. The highest BCUT2D eigenvalue weighted by molar-refractivity contribution is 9.10. The Labute approximate surface area is 183 Å². The summed E-state index contributed by atoms with van der Waals surface area (Å²) in [5, 5.41) is 2.80. The molecule has 6 nitrogen and oxygen atoms in total. The van der Waals surface area contributed by atoms with Gasteiger partial charge in [0.1, 0.15) is 0 Å². The first kappa shape index (κ1) is 21.9. The molecule has 3 rings (SSSR count). The quantitative estimate of drug-likeness (QED) is 0.484. The van der Waals surface area contributed by atoms with Crippen molar-refractivity contribution in [1.82, 2.24) is 4.72 Å². The second-order valence-electron chi connectivity index (χ2n) is 6.56. The van der Waals surface area contributed by atoms with E-state index in [2.05, 4.69) is 26.0 Å². The summed E-state index contributed by atoms with van der Waals surface area (Å²) >= 11 is 3.34. The molecule has 1 amide bonds. The van der Waals surface area contributed by atoms with E-state index in [0.29, 0.717) is 22.4 Å². The monoisotopic (exact) mass is 486 g/mol. The van der Waals surface area contributed by atoms with Crippen molar-refractivity contribution < 1.29 is 18.0 Å². The summed E-state index contributed by atoms with van der Waals surface area (Å²) in [7, 11) is -3.72. The standard InChI is InChI=1S/C22H19BrN2O4S/c1-15(26)17-6-12-21(13-7-17)30(28,29)24-14-16-2-4-18(5-3-16)22(27)25-20-10-8-19(23)9-11-20/h2-13,24H,14H2,1H3,(H,25,27). The van der Waals surface area contributed by atoms with E-state index in [0.717, 1.165) is 4.47 Å². The molecule has 0 fully saturated rings. The average molecular weight is 487 g/mol. The topological polar surface area (TPSA) is 92.3 Å². The molecule has 30 heavy (non-hydrogen) atoms. The molecule has 2 N–H and O–H groups in total. The third kappa shape index (κ3) is 5.63. The van der Waals surface area contributed by atoms with E-state index < -0.39 is 10.0 Å². The number of amides is 1. The maximum absolute atomic E-state index is 12.4. The van der Waals surface area contributed by atoms with Crippen LogP contribution in [-0.2, 0) is 16.6 Å². The van der Waals surface area contributed by atoms with Gasteiger partial charge in [0.2, 0.25) is 10.0 Å². The van der Waals surface area contributed by atoms with Gasteiger partial charge in [-0.1, -0.05) is 40.2 Å². The van der Waals surface area contributed by atoms with E-state index in [-0.39, 0.29) is 23.1 Å². The Morgan fingerprint density at radius 2 is 1.40 bits per heavy atom. The lowest BCUT2D eigenvalue weighted by molar-refractivity contribution is 0.101. The van der Waals surface area contributed by atoms with Crippen LogP contribution in [0.3, 0.4) is 0 Å². The maximum atomic E-state index is 12.4. The van der Waals surface area contributed by atoms with Gasteiger partial charge in [-0.3, -0.25) is 9.59 Å². The molecule has 0 spiro atoms. The number of hydrogen-bond donors (Lipinski definition) is 2. The van der Waals surface area contributed by atoms with Crippen molar-refractivity contribution in [2.24, 2.45) is 0 Å². The summed E-state index contributed by atoms with van der Waals surface area (Å²) in [6, 6.07) is 19.7. The predicted octanol–water partition coefficient (Wildman–Crippen LogP) is 4.38. The van der Waals surface area contributed by atoms with Gasteiger partial charge in [-0.25, -0.2) is 13.1 Å². The van der Waals surface area contributed by atoms with Gasteiger partial charge in [-0.2, -0.15) is 0 Å². The molecule has 0 saturated carbocycles. The van der Waals surface area contributed by atoms with Crippen molar-refractivity contribution in [2.45, 2.75) is 18.4 Å². The van der Waals surface area contributed by atoms with Gasteiger partial charge in [0.15, 0.2) is 5.78 Å². The molecular formula is C22H19BrN2O4S. The van der Waals surface area contributed by atoms with Crippen molar-refractivity contribution in [3.05, 3.63) is 94.0 Å². The van der Waals surface area contributed by atoms with E-state index in [4.69, 9.17) is 0 Å². The molecule has 0 radical (unpaired) electrons. The summed E-state index contributed by atoms with van der Waals surface area (Å²) in [5.41, 5.74) is 2.30. The van der Waals surface area contributed by atoms with Crippen molar-refractivity contribution in [1.29, 1.82) is 0 Å². The van der Waals surface area contributed by atoms with Gasteiger partial charge in [0.25, 0.3) is 5.91 Å². The highest BCUT2D eigenvalue weighted by Crippen LogP contribution is 2.16. The average Bonchev–Trinajstić information content (AvgIpc) is 2.74. The summed E-state index contributed by atoms with van der Waals surface area (Å²) < 4.78 is 28.3. The lowest BCUT2D eigenvalue weighted by Gasteiger charge is -2.09. The van der Waals surface area contributed by atoms with E-state index in [1.54, 1.807) is 36.4 Å². The summed E-state index contributed by atoms with van der Waals surface area (Å²) in [4.78, 5) is 23.7. The molecule has 3 aromatic rings. The smallest absolute Gasteiger partial charge is 0.255 e. The van der Waals surface area contributed by atoms with Gasteiger partial charge in [-0.05, 0) is 61.0 Å². The van der Waals surface area contributed by atoms with Crippen LogP contribution in [0.5, 0.6) is 0 Å². The fourth-order valence-corrected chi connectivity index (χ4v) is 3.92. The number of hydrogen-bond acceptors (Lipinski definition) is 4. The number of anilines is 1. The van der Waals surface area contributed by atoms with Gasteiger partial charge >= 0.3 is 0 Å². The Bertz CT molecular complexity index is 1160. The lowest BCUT2D eigenvalue weighted by Crippen LogP contribution is -2.23. The van der Waals surface area contributed by atoms with E-state index >= 15 is 0 Å². The third-order valence-electron chi connectivity index (χ3n) is 4.36. The molecule has 0 aliphatic heterocycles. The van der Waals surface area contributed by atoms with Crippen molar-refractivity contribution in [2.75, 3.05) is 5.32 Å². The number of Topliss-reactive ketones (excluding diaryl/α,β-unsaturated/α-hetero) is 1. The molecule has 0 unspecified atom stereocenters. The van der Waals surface area contributed by atoms with Crippen LogP contribution in [0.4, 0.5) is 5.69 Å². The lowest BCUT2D eigenvalue weighted by atomic mass is 10.1. The maximum Gasteiger partial charge on any atom is 0.255 e. The van der Waals surface area contributed by atoms with Crippen molar-refractivity contribution >= 4 is 43.3 Å².